The van der Waals surface area contributed by atoms with Gasteiger partial charge in [0.2, 0.25) is 5.88 Å². The summed E-state index contributed by atoms with van der Waals surface area (Å²) in [5, 5.41) is 16.4. The van der Waals surface area contributed by atoms with Gasteiger partial charge in [-0.05, 0) is 38.2 Å². The quantitative estimate of drug-likeness (QED) is 0.501. The van der Waals surface area contributed by atoms with Gasteiger partial charge in [-0.2, -0.15) is 5.10 Å². The van der Waals surface area contributed by atoms with Crippen molar-refractivity contribution < 1.29 is 24.2 Å². The Balaban J connectivity index is 1.39. The van der Waals surface area contributed by atoms with Gasteiger partial charge in [0.15, 0.2) is 0 Å². The average Bonchev–Trinajstić information content (AvgIpc) is 3.23. The van der Waals surface area contributed by atoms with Crippen LogP contribution in [0.3, 0.4) is 0 Å². The molecule has 1 amide bonds. The van der Waals surface area contributed by atoms with Gasteiger partial charge in [0, 0.05) is 12.6 Å². The molecule has 1 saturated carbocycles. The fourth-order valence-corrected chi connectivity index (χ4v) is 4.17. The summed E-state index contributed by atoms with van der Waals surface area (Å²) in [6.45, 7) is 2.20. The Hall–Kier alpha value is -3.95. The second kappa shape index (κ2) is 11.0. The minimum absolute atomic E-state index is 0.186. The predicted octanol–water partition coefficient (Wildman–Crippen LogP) is 3.63. The van der Waals surface area contributed by atoms with Crippen LogP contribution in [0.2, 0.25) is 0 Å². The van der Waals surface area contributed by atoms with E-state index in [0.717, 1.165) is 29.7 Å². The molecule has 0 saturated heterocycles. The number of hydrogen-bond acceptors (Lipinski definition) is 7. The number of aryl methyl sites for hydroxylation is 2. The zero-order valence-corrected chi connectivity index (χ0v) is 19.8. The number of benzene rings is 1. The number of carboxylic acids is 1. The maximum atomic E-state index is 12.2. The second-order valence-electron chi connectivity index (χ2n) is 8.63. The van der Waals surface area contributed by atoms with Crippen molar-refractivity contribution in [3.8, 4) is 17.1 Å². The minimum atomic E-state index is -0.780. The second-order valence-corrected chi connectivity index (χ2v) is 8.63. The van der Waals surface area contributed by atoms with Gasteiger partial charge in [-0.15, -0.1) is 0 Å². The molecule has 2 N–H and O–H groups in total. The van der Waals surface area contributed by atoms with Gasteiger partial charge in [-0.3, -0.25) is 9.48 Å². The summed E-state index contributed by atoms with van der Waals surface area (Å²) in [7, 11) is 1.79. The summed E-state index contributed by atoms with van der Waals surface area (Å²) in [6, 6.07) is 9.46. The lowest BCUT2D eigenvalue weighted by Gasteiger charge is -2.27. The molecular formula is C25H29N5O5. The van der Waals surface area contributed by atoms with Crippen molar-refractivity contribution >= 4 is 12.1 Å². The van der Waals surface area contributed by atoms with E-state index in [1.54, 1.807) is 31.0 Å². The molecule has 0 bridgehead atoms. The van der Waals surface area contributed by atoms with Crippen LogP contribution in [0.25, 0.3) is 11.3 Å². The highest BCUT2D eigenvalue weighted by atomic mass is 16.5. The van der Waals surface area contributed by atoms with Crippen molar-refractivity contribution in [3.05, 3.63) is 59.7 Å². The molecule has 1 aliphatic carbocycles. The summed E-state index contributed by atoms with van der Waals surface area (Å²) < 4.78 is 13.0. The van der Waals surface area contributed by atoms with E-state index in [0.29, 0.717) is 30.1 Å². The number of carbonyl (C=O) groups excluding carboxylic acids is 1. The number of nitrogens with zero attached hydrogens (tertiary/aromatic N) is 4. The summed E-state index contributed by atoms with van der Waals surface area (Å²) in [5.74, 6) is -0.762. The maximum absolute atomic E-state index is 12.2. The summed E-state index contributed by atoms with van der Waals surface area (Å²) in [4.78, 5) is 32.6. The minimum Gasteiger partial charge on any atom is -0.481 e. The van der Waals surface area contributed by atoms with Crippen LogP contribution in [0.4, 0.5) is 4.79 Å². The molecule has 0 unspecified atom stereocenters. The van der Waals surface area contributed by atoms with Crippen LogP contribution < -0.4 is 10.1 Å². The first-order valence-corrected chi connectivity index (χ1v) is 11.6. The fraction of sp³-hybridized carbons (Fsp3) is 0.400. The third kappa shape index (κ3) is 6.14. The monoisotopic (exact) mass is 479 g/mol. The topological polar surface area (TPSA) is 128 Å². The van der Waals surface area contributed by atoms with Crippen molar-refractivity contribution in [2.75, 3.05) is 0 Å². The number of hydrogen-bond donors (Lipinski definition) is 2. The molecule has 3 aromatic rings. The van der Waals surface area contributed by atoms with E-state index in [1.807, 2.05) is 30.3 Å². The Morgan fingerprint density at radius 1 is 1.20 bits per heavy atom. The highest BCUT2D eigenvalue weighted by Crippen LogP contribution is 2.29. The summed E-state index contributed by atoms with van der Waals surface area (Å²) in [5.41, 5.74) is 3.60. The lowest BCUT2D eigenvalue weighted by molar-refractivity contribution is -0.143. The van der Waals surface area contributed by atoms with Crippen LogP contribution in [-0.2, 0) is 29.7 Å². The lowest BCUT2D eigenvalue weighted by atomic mass is 9.87. The Labute approximate surface area is 203 Å². The molecule has 4 rings (SSSR count). The molecule has 0 aliphatic heterocycles. The van der Waals surface area contributed by atoms with Gasteiger partial charge in [0.05, 0.1) is 36.2 Å². The van der Waals surface area contributed by atoms with Gasteiger partial charge < -0.3 is 19.9 Å². The van der Waals surface area contributed by atoms with Gasteiger partial charge in [0.1, 0.15) is 18.4 Å². The lowest BCUT2D eigenvalue weighted by Crippen LogP contribution is -2.30. The van der Waals surface area contributed by atoms with E-state index >= 15 is 0 Å². The molecule has 1 aromatic carbocycles. The number of ether oxygens (including phenoxy) is 2. The Morgan fingerprint density at radius 2 is 2.00 bits per heavy atom. The highest BCUT2D eigenvalue weighted by molar-refractivity contribution is 5.70. The molecule has 10 nitrogen and oxygen atoms in total. The van der Waals surface area contributed by atoms with E-state index in [1.165, 1.54) is 0 Å². The molecule has 2 heterocycles. The van der Waals surface area contributed by atoms with Crippen molar-refractivity contribution in [2.45, 2.75) is 51.9 Å². The third-order valence-electron chi connectivity index (χ3n) is 6.11. The molecule has 2 aromatic heterocycles. The number of aliphatic carboxylic acids is 1. The Morgan fingerprint density at radius 3 is 2.74 bits per heavy atom. The van der Waals surface area contributed by atoms with Gasteiger partial charge in [-0.25, -0.2) is 14.8 Å². The van der Waals surface area contributed by atoms with Crippen molar-refractivity contribution in [1.82, 2.24) is 25.1 Å². The van der Waals surface area contributed by atoms with E-state index in [4.69, 9.17) is 9.47 Å². The zero-order valence-electron chi connectivity index (χ0n) is 19.8. The number of carboxylic acid groups (broad SMARTS) is 1. The maximum Gasteiger partial charge on any atom is 0.407 e. The first-order valence-electron chi connectivity index (χ1n) is 11.6. The van der Waals surface area contributed by atoms with Crippen LogP contribution in [0.15, 0.2) is 42.7 Å². The average molecular weight is 480 g/mol. The SMILES string of the molecule is Cc1nc(-c2cnn(C)c2CNC(=O)OCc2ccccc2)cnc1O[C@H]1CCC[C@H](C(=O)O)C1. The molecule has 10 heteroatoms. The largest absolute Gasteiger partial charge is 0.481 e. The van der Waals surface area contributed by atoms with Crippen LogP contribution in [0, 0.1) is 12.8 Å². The number of nitrogens with one attached hydrogen (secondary N) is 1. The zero-order chi connectivity index (χ0) is 24.8. The molecule has 0 spiro atoms. The van der Waals surface area contributed by atoms with Crippen molar-refractivity contribution in [2.24, 2.45) is 13.0 Å². The van der Waals surface area contributed by atoms with Crippen LogP contribution in [0.1, 0.15) is 42.6 Å². The number of alkyl carbamates (subject to hydrolysis) is 1. The van der Waals surface area contributed by atoms with E-state index in [2.05, 4.69) is 20.4 Å². The summed E-state index contributed by atoms with van der Waals surface area (Å²) in [6.07, 6.45) is 5.32. The molecular weight excluding hydrogens is 450 g/mol. The highest BCUT2D eigenvalue weighted by Gasteiger charge is 2.29. The molecule has 184 valence electrons. The predicted molar refractivity (Wildman–Crippen MR) is 126 cm³/mol. The van der Waals surface area contributed by atoms with E-state index < -0.39 is 12.1 Å². The molecule has 2 atom stereocenters. The third-order valence-corrected chi connectivity index (χ3v) is 6.11. The van der Waals surface area contributed by atoms with E-state index in [-0.39, 0.29) is 25.2 Å². The molecule has 35 heavy (non-hydrogen) atoms. The first kappa shape index (κ1) is 24.2. The number of rotatable bonds is 8. The smallest absolute Gasteiger partial charge is 0.407 e. The van der Waals surface area contributed by atoms with Crippen molar-refractivity contribution in [1.29, 1.82) is 0 Å². The molecule has 1 aliphatic rings. The van der Waals surface area contributed by atoms with Gasteiger partial charge in [-0.1, -0.05) is 30.3 Å². The standard InChI is InChI=1S/C25H29N5O5/c1-16-23(35-19-10-6-9-18(11-19)24(31)32)26-13-21(29-16)20-12-28-30(2)22(20)14-27-25(33)34-15-17-7-4-3-5-8-17/h3-5,7-8,12-13,18-19H,6,9-11,14-15H2,1-2H3,(H,27,33)(H,31,32)/t18-,19-/m0/s1. The number of carbonyl (C=O) groups is 2. The normalized spacial score (nSPS) is 17.5. The van der Waals surface area contributed by atoms with Crippen LogP contribution >= 0.6 is 0 Å². The molecule has 0 radical (unpaired) electrons. The first-order chi connectivity index (χ1) is 16.9. The van der Waals surface area contributed by atoms with E-state index in [9.17, 15) is 14.7 Å². The van der Waals surface area contributed by atoms with Gasteiger partial charge >= 0.3 is 12.1 Å². The number of aromatic nitrogens is 4. The summed E-state index contributed by atoms with van der Waals surface area (Å²) >= 11 is 0. The number of amides is 1. The van der Waals surface area contributed by atoms with Crippen molar-refractivity contribution in [3.63, 3.8) is 0 Å². The van der Waals surface area contributed by atoms with Gasteiger partial charge in [0.25, 0.3) is 0 Å². The molecule has 1 fully saturated rings. The fourth-order valence-electron chi connectivity index (χ4n) is 4.17. The van der Waals surface area contributed by atoms with Crippen LogP contribution in [0.5, 0.6) is 5.88 Å². The Kier molecular flexibility index (Phi) is 7.59. The van der Waals surface area contributed by atoms with Crippen LogP contribution in [-0.4, -0.2) is 43.0 Å². The Bertz CT molecular complexity index is 1180.